The highest BCUT2D eigenvalue weighted by atomic mass is 16.4. The zero-order valence-corrected chi connectivity index (χ0v) is 14.5. The molecule has 1 aromatic heterocycles. The van der Waals surface area contributed by atoms with Crippen LogP contribution in [0, 0.1) is 11.8 Å². The lowest BCUT2D eigenvalue weighted by Crippen LogP contribution is -2.53. The number of H-pyrrole nitrogens is 1. The van der Waals surface area contributed by atoms with Crippen molar-refractivity contribution < 1.29 is 14.7 Å². The van der Waals surface area contributed by atoms with E-state index in [-0.39, 0.29) is 24.2 Å². The Morgan fingerprint density at radius 2 is 2.08 bits per heavy atom. The van der Waals surface area contributed by atoms with E-state index < -0.39 is 11.9 Å². The van der Waals surface area contributed by atoms with Gasteiger partial charge < -0.3 is 10.1 Å². The SMILES string of the molecule is CC=C1CN(C)C2Cc3c([nH]c4ccccc34)C(=O)CC1C2C(=O)O. The third kappa shape index (κ3) is 2.42. The third-order valence-electron chi connectivity index (χ3n) is 5.89. The van der Waals surface area contributed by atoms with Gasteiger partial charge in [0.1, 0.15) is 0 Å². The molecule has 1 aliphatic carbocycles. The van der Waals surface area contributed by atoms with Crippen molar-refractivity contribution in [2.24, 2.45) is 11.8 Å². The number of para-hydroxylation sites is 1. The number of hydrogen-bond acceptors (Lipinski definition) is 3. The first kappa shape index (κ1) is 16.1. The van der Waals surface area contributed by atoms with Crippen molar-refractivity contribution in [3.63, 3.8) is 0 Å². The van der Waals surface area contributed by atoms with Crippen molar-refractivity contribution in [2.45, 2.75) is 25.8 Å². The highest BCUT2D eigenvalue weighted by Crippen LogP contribution is 2.40. The number of benzene rings is 1. The van der Waals surface area contributed by atoms with Gasteiger partial charge in [-0.05, 0) is 32.0 Å². The zero-order chi connectivity index (χ0) is 17.7. The monoisotopic (exact) mass is 338 g/mol. The van der Waals surface area contributed by atoms with Crippen molar-refractivity contribution in [1.82, 2.24) is 9.88 Å². The molecule has 1 aliphatic heterocycles. The summed E-state index contributed by atoms with van der Waals surface area (Å²) in [5, 5.41) is 10.9. The van der Waals surface area contributed by atoms with Crippen molar-refractivity contribution in [3.05, 3.63) is 47.2 Å². The van der Waals surface area contributed by atoms with Crippen LogP contribution < -0.4 is 0 Å². The molecule has 2 aromatic rings. The Morgan fingerprint density at radius 3 is 2.80 bits per heavy atom. The fourth-order valence-corrected chi connectivity index (χ4v) is 4.64. The summed E-state index contributed by atoms with van der Waals surface area (Å²) < 4.78 is 0. The number of ketones is 1. The number of carbonyl (C=O) groups is 2. The summed E-state index contributed by atoms with van der Waals surface area (Å²) in [4.78, 5) is 30.5. The maximum atomic E-state index is 13.0. The number of Topliss-reactive ketones (excluding diaryl/α,β-unsaturated/α-hetero) is 1. The Morgan fingerprint density at radius 1 is 1.32 bits per heavy atom. The molecule has 0 spiro atoms. The Kier molecular flexibility index (Phi) is 3.76. The van der Waals surface area contributed by atoms with Gasteiger partial charge >= 0.3 is 5.97 Å². The molecule has 2 bridgehead atoms. The number of hydrogen-bond donors (Lipinski definition) is 2. The van der Waals surface area contributed by atoms with E-state index in [1.807, 2.05) is 44.3 Å². The Hall–Kier alpha value is -2.40. The lowest BCUT2D eigenvalue weighted by molar-refractivity contribution is -0.147. The Balaban J connectivity index is 1.92. The van der Waals surface area contributed by atoms with Gasteiger partial charge in [-0.1, -0.05) is 29.8 Å². The van der Waals surface area contributed by atoms with Crippen LogP contribution in [-0.4, -0.2) is 46.4 Å². The van der Waals surface area contributed by atoms with Crippen LogP contribution in [0.4, 0.5) is 0 Å². The molecule has 5 nitrogen and oxygen atoms in total. The number of rotatable bonds is 1. The topological polar surface area (TPSA) is 73.4 Å². The summed E-state index contributed by atoms with van der Waals surface area (Å²) in [5.41, 5.74) is 3.62. The number of likely N-dealkylation sites (N-methyl/N-ethyl adjacent to an activating group) is 1. The lowest BCUT2D eigenvalue weighted by Gasteiger charge is -2.44. The van der Waals surface area contributed by atoms with Gasteiger partial charge in [0.05, 0.1) is 11.6 Å². The summed E-state index contributed by atoms with van der Waals surface area (Å²) in [5.74, 6) is -1.58. The van der Waals surface area contributed by atoms with Gasteiger partial charge in [0, 0.05) is 35.8 Å². The molecule has 5 heteroatoms. The van der Waals surface area contributed by atoms with Crippen molar-refractivity contribution in [3.8, 4) is 0 Å². The van der Waals surface area contributed by atoms with Crippen LogP contribution in [0.5, 0.6) is 0 Å². The number of carboxylic acid groups (broad SMARTS) is 1. The van der Waals surface area contributed by atoms with Gasteiger partial charge in [-0.25, -0.2) is 0 Å². The predicted molar refractivity (Wildman–Crippen MR) is 95.7 cm³/mol. The summed E-state index contributed by atoms with van der Waals surface area (Å²) in [7, 11) is 1.98. The van der Waals surface area contributed by atoms with Crippen LogP contribution in [0.3, 0.4) is 0 Å². The number of piperidine rings is 1. The first-order chi connectivity index (χ1) is 12.0. The number of likely N-dealkylation sites (tertiary alicyclic amines) is 1. The number of allylic oxidation sites excluding steroid dienone is 1. The van der Waals surface area contributed by atoms with Crippen LogP contribution in [-0.2, 0) is 11.2 Å². The van der Waals surface area contributed by atoms with Gasteiger partial charge in [0.25, 0.3) is 0 Å². The average molecular weight is 338 g/mol. The molecule has 3 unspecified atom stereocenters. The molecule has 1 saturated heterocycles. The van der Waals surface area contributed by atoms with Gasteiger partial charge in [-0.15, -0.1) is 0 Å². The second kappa shape index (κ2) is 5.85. The number of aliphatic carboxylic acids is 1. The fraction of sp³-hybridized carbons (Fsp3) is 0.400. The van der Waals surface area contributed by atoms with Gasteiger partial charge in [-0.2, -0.15) is 0 Å². The minimum Gasteiger partial charge on any atom is -0.481 e. The Bertz CT molecular complexity index is 895. The predicted octanol–water partition coefficient (Wildman–Crippen LogP) is 2.87. The number of aromatic amines is 1. The van der Waals surface area contributed by atoms with Crippen LogP contribution in [0.1, 0.15) is 29.4 Å². The third-order valence-corrected chi connectivity index (χ3v) is 5.89. The molecular formula is C20H22N2O3. The number of nitrogens with one attached hydrogen (secondary N) is 1. The van der Waals surface area contributed by atoms with Crippen LogP contribution in [0.2, 0.25) is 0 Å². The van der Waals surface area contributed by atoms with E-state index in [2.05, 4.69) is 9.88 Å². The smallest absolute Gasteiger partial charge is 0.308 e. The highest BCUT2D eigenvalue weighted by Gasteiger charge is 2.46. The zero-order valence-electron chi connectivity index (χ0n) is 14.5. The number of nitrogens with zero attached hydrogens (tertiary/aromatic N) is 1. The molecular weight excluding hydrogens is 316 g/mol. The number of carbonyl (C=O) groups excluding carboxylic acids is 1. The molecule has 130 valence electrons. The molecule has 3 atom stereocenters. The Labute approximate surface area is 146 Å². The maximum absolute atomic E-state index is 13.0. The summed E-state index contributed by atoms with van der Waals surface area (Å²) in [6, 6.07) is 7.76. The number of aromatic nitrogens is 1. The molecule has 0 radical (unpaired) electrons. The first-order valence-corrected chi connectivity index (χ1v) is 8.72. The number of fused-ring (bicyclic) bond motifs is 5. The van der Waals surface area contributed by atoms with E-state index >= 15 is 0 Å². The largest absolute Gasteiger partial charge is 0.481 e. The second-order valence-corrected chi connectivity index (χ2v) is 7.17. The van der Waals surface area contributed by atoms with Crippen molar-refractivity contribution >= 4 is 22.7 Å². The molecule has 1 fully saturated rings. The first-order valence-electron chi connectivity index (χ1n) is 8.72. The lowest BCUT2D eigenvalue weighted by atomic mass is 9.70. The van der Waals surface area contributed by atoms with Crippen molar-refractivity contribution in [1.29, 1.82) is 0 Å². The van der Waals surface area contributed by atoms with Gasteiger partial charge in [-0.3, -0.25) is 14.5 Å². The van der Waals surface area contributed by atoms with Crippen LogP contribution in [0.15, 0.2) is 35.9 Å². The molecule has 2 heterocycles. The van der Waals surface area contributed by atoms with Crippen LogP contribution in [0.25, 0.3) is 10.9 Å². The van der Waals surface area contributed by atoms with Crippen molar-refractivity contribution in [2.75, 3.05) is 13.6 Å². The van der Waals surface area contributed by atoms with Crippen LogP contribution >= 0.6 is 0 Å². The standard InChI is InChI=1S/C20H22N2O3/c1-3-11-10-22(2)16-8-14-12-6-4-5-7-15(12)21-19(14)17(23)9-13(11)18(16)20(24)25/h3-7,13,16,18,21H,8-10H2,1-2H3,(H,24,25). The normalized spacial score (nSPS) is 28.6. The minimum absolute atomic E-state index is 0.0183. The molecule has 25 heavy (non-hydrogen) atoms. The molecule has 1 aromatic carbocycles. The summed E-state index contributed by atoms with van der Waals surface area (Å²) in [6.07, 6.45) is 2.81. The van der Waals surface area contributed by atoms with E-state index in [9.17, 15) is 14.7 Å². The molecule has 2 aliphatic rings. The van der Waals surface area contributed by atoms with E-state index in [1.54, 1.807) is 0 Å². The van der Waals surface area contributed by atoms with Gasteiger partial charge in [0.2, 0.25) is 0 Å². The highest BCUT2D eigenvalue weighted by molar-refractivity contribution is 6.03. The van der Waals surface area contributed by atoms with E-state index in [0.29, 0.717) is 12.1 Å². The van der Waals surface area contributed by atoms with E-state index in [1.165, 1.54) is 0 Å². The molecule has 0 saturated carbocycles. The molecule has 4 rings (SSSR count). The molecule has 0 amide bonds. The molecule has 2 N–H and O–H groups in total. The fourth-order valence-electron chi connectivity index (χ4n) is 4.64. The number of carboxylic acids is 1. The second-order valence-electron chi connectivity index (χ2n) is 7.17. The van der Waals surface area contributed by atoms with E-state index in [0.717, 1.165) is 28.6 Å². The van der Waals surface area contributed by atoms with E-state index in [4.69, 9.17) is 0 Å². The quantitative estimate of drug-likeness (QED) is 0.784. The summed E-state index contributed by atoms with van der Waals surface area (Å²) in [6.45, 7) is 2.65. The van der Waals surface area contributed by atoms with Gasteiger partial charge in [0.15, 0.2) is 5.78 Å². The maximum Gasteiger partial charge on any atom is 0.308 e. The minimum atomic E-state index is -0.808. The average Bonchev–Trinajstić information content (AvgIpc) is 2.94. The summed E-state index contributed by atoms with van der Waals surface area (Å²) >= 11 is 0.